The van der Waals surface area contributed by atoms with Crippen molar-refractivity contribution in [1.29, 1.82) is 0 Å². The van der Waals surface area contributed by atoms with Crippen LogP contribution in [0.4, 0.5) is 5.69 Å². The molecule has 1 rings (SSSR count). The van der Waals surface area contributed by atoms with Crippen LogP contribution in [0.3, 0.4) is 0 Å². The fraction of sp³-hybridized carbons (Fsp3) is 0.500. The normalized spacial score (nSPS) is 9.69. The number of nitrogens with zero attached hydrogens (tertiary/aromatic N) is 1. The fourth-order valence-corrected chi connectivity index (χ4v) is 1.82. The Morgan fingerprint density at radius 3 is 2.31 bits per heavy atom. The van der Waals surface area contributed by atoms with Crippen molar-refractivity contribution in [1.82, 2.24) is 0 Å². The van der Waals surface area contributed by atoms with E-state index in [0.717, 1.165) is 19.5 Å². The Hall–Kier alpha value is -0.440. The van der Waals surface area contributed by atoms with Gasteiger partial charge in [-0.3, -0.25) is 0 Å². The van der Waals surface area contributed by atoms with Crippen LogP contribution in [0.5, 0.6) is 0 Å². The molecule has 1 aromatic carbocycles. The molecule has 0 radical (unpaired) electrons. The second-order valence-corrected chi connectivity index (χ2v) is 3.85. The van der Waals surface area contributed by atoms with Gasteiger partial charge in [-0.05, 0) is 37.6 Å². The van der Waals surface area contributed by atoms with Crippen molar-refractivity contribution in [3.63, 3.8) is 0 Å². The highest BCUT2D eigenvalue weighted by atomic mass is 35.5. The first-order valence-corrected chi connectivity index (χ1v) is 5.95. The molecule has 2 N–H and O–H groups in total. The predicted molar refractivity (Wildman–Crippen MR) is 75.1 cm³/mol. The van der Waals surface area contributed by atoms with Gasteiger partial charge in [-0.25, -0.2) is 0 Å². The number of rotatable bonds is 6. The van der Waals surface area contributed by atoms with Gasteiger partial charge in [0.2, 0.25) is 0 Å². The van der Waals surface area contributed by atoms with E-state index in [-0.39, 0.29) is 12.4 Å². The second-order valence-electron chi connectivity index (χ2n) is 3.47. The third kappa shape index (κ3) is 4.60. The fourth-order valence-electron chi connectivity index (χ4n) is 1.61. The van der Waals surface area contributed by atoms with Crippen molar-refractivity contribution in [2.45, 2.75) is 13.3 Å². The first-order valence-electron chi connectivity index (χ1n) is 5.41. The van der Waals surface area contributed by atoms with Crippen LogP contribution in [0.15, 0.2) is 24.3 Å². The monoisotopic (exact) mass is 262 g/mol. The Morgan fingerprint density at radius 1 is 1.25 bits per heavy atom. The standard InChI is InChI=1S/C12H19ClN2.ClH/c1-2-15(10-8-13)12-5-3-11(4-6-12)7-9-14;/h3-6H,2,7-10,14H2,1H3;1H. The Morgan fingerprint density at radius 2 is 1.88 bits per heavy atom. The van der Waals surface area contributed by atoms with Gasteiger partial charge in [0.05, 0.1) is 0 Å². The van der Waals surface area contributed by atoms with E-state index in [9.17, 15) is 0 Å². The average Bonchev–Trinajstić information content (AvgIpc) is 2.28. The summed E-state index contributed by atoms with van der Waals surface area (Å²) in [5.74, 6) is 0.665. The highest BCUT2D eigenvalue weighted by molar-refractivity contribution is 6.18. The molecule has 0 atom stereocenters. The molecule has 0 aliphatic heterocycles. The quantitative estimate of drug-likeness (QED) is 0.799. The third-order valence-corrected chi connectivity index (χ3v) is 2.64. The first kappa shape index (κ1) is 15.6. The maximum atomic E-state index is 5.75. The average molecular weight is 263 g/mol. The van der Waals surface area contributed by atoms with Crippen LogP contribution in [-0.4, -0.2) is 25.5 Å². The van der Waals surface area contributed by atoms with Gasteiger partial charge in [-0.2, -0.15) is 0 Å². The molecule has 92 valence electrons. The number of nitrogens with two attached hydrogens (primary N) is 1. The number of anilines is 1. The Balaban J connectivity index is 0.00000225. The van der Waals surface area contributed by atoms with E-state index >= 15 is 0 Å². The Labute approximate surface area is 109 Å². The Bertz CT molecular complexity index is 275. The molecule has 0 fully saturated rings. The summed E-state index contributed by atoms with van der Waals surface area (Å²) in [5.41, 5.74) is 8.03. The van der Waals surface area contributed by atoms with Gasteiger partial charge in [0.1, 0.15) is 0 Å². The van der Waals surface area contributed by atoms with Crippen molar-refractivity contribution in [3.05, 3.63) is 29.8 Å². The molecule has 0 heterocycles. The van der Waals surface area contributed by atoms with Crippen LogP contribution < -0.4 is 10.6 Å². The lowest BCUT2D eigenvalue weighted by Gasteiger charge is -2.22. The molecule has 0 saturated heterocycles. The van der Waals surface area contributed by atoms with Crippen LogP contribution in [0.2, 0.25) is 0 Å². The van der Waals surface area contributed by atoms with E-state index in [2.05, 4.69) is 36.1 Å². The van der Waals surface area contributed by atoms with E-state index in [4.69, 9.17) is 17.3 Å². The lowest BCUT2D eigenvalue weighted by atomic mass is 10.1. The molecule has 0 bridgehead atoms. The summed E-state index contributed by atoms with van der Waals surface area (Å²) < 4.78 is 0. The van der Waals surface area contributed by atoms with Gasteiger partial charge in [-0.1, -0.05) is 12.1 Å². The summed E-state index contributed by atoms with van der Waals surface area (Å²) in [6.45, 7) is 4.73. The van der Waals surface area contributed by atoms with Gasteiger partial charge in [0.15, 0.2) is 0 Å². The predicted octanol–water partition coefficient (Wildman–Crippen LogP) is 2.67. The molecule has 0 amide bonds. The SMILES string of the molecule is CCN(CCCl)c1ccc(CCN)cc1.Cl. The maximum Gasteiger partial charge on any atom is 0.0399 e. The van der Waals surface area contributed by atoms with Crippen molar-refractivity contribution in [2.75, 3.05) is 30.4 Å². The minimum absolute atomic E-state index is 0. The highest BCUT2D eigenvalue weighted by Gasteiger charge is 2.02. The van der Waals surface area contributed by atoms with Crippen molar-refractivity contribution >= 4 is 29.7 Å². The topological polar surface area (TPSA) is 29.3 Å². The number of benzene rings is 1. The molecule has 0 aliphatic rings. The maximum absolute atomic E-state index is 5.75. The molecule has 0 spiro atoms. The minimum Gasteiger partial charge on any atom is -0.371 e. The molecular formula is C12H20Cl2N2. The molecule has 0 aliphatic carbocycles. The number of hydrogen-bond acceptors (Lipinski definition) is 2. The van der Waals surface area contributed by atoms with E-state index in [1.54, 1.807) is 0 Å². The van der Waals surface area contributed by atoms with Crippen molar-refractivity contribution in [3.8, 4) is 0 Å². The summed E-state index contributed by atoms with van der Waals surface area (Å²) in [6.07, 6.45) is 0.946. The second kappa shape index (κ2) is 8.68. The molecule has 0 unspecified atom stereocenters. The van der Waals surface area contributed by atoms with E-state index in [1.807, 2.05) is 0 Å². The lowest BCUT2D eigenvalue weighted by Crippen LogP contribution is -2.24. The van der Waals surface area contributed by atoms with Crippen LogP contribution in [-0.2, 0) is 6.42 Å². The first-order chi connectivity index (χ1) is 7.31. The van der Waals surface area contributed by atoms with Crippen molar-refractivity contribution in [2.24, 2.45) is 5.73 Å². The van der Waals surface area contributed by atoms with Crippen LogP contribution in [0.1, 0.15) is 12.5 Å². The summed E-state index contributed by atoms with van der Waals surface area (Å²) in [4.78, 5) is 2.26. The third-order valence-electron chi connectivity index (χ3n) is 2.47. The van der Waals surface area contributed by atoms with Crippen LogP contribution in [0.25, 0.3) is 0 Å². The molecular weight excluding hydrogens is 243 g/mol. The van der Waals surface area contributed by atoms with Crippen molar-refractivity contribution < 1.29 is 0 Å². The summed E-state index contributed by atoms with van der Waals surface area (Å²) >= 11 is 5.75. The Kier molecular flexibility index (Phi) is 8.44. The van der Waals surface area contributed by atoms with E-state index < -0.39 is 0 Å². The highest BCUT2D eigenvalue weighted by Crippen LogP contribution is 2.15. The molecule has 1 aromatic rings. The van der Waals surface area contributed by atoms with Gasteiger partial charge in [0.25, 0.3) is 0 Å². The molecule has 0 saturated carbocycles. The van der Waals surface area contributed by atoms with Gasteiger partial charge >= 0.3 is 0 Å². The molecule has 4 heteroatoms. The summed E-state index contributed by atoms with van der Waals surface area (Å²) in [5, 5.41) is 0. The zero-order chi connectivity index (χ0) is 11.1. The lowest BCUT2D eigenvalue weighted by molar-refractivity contribution is 0.868. The molecule has 2 nitrogen and oxygen atoms in total. The van der Waals surface area contributed by atoms with E-state index in [1.165, 1.54) is 11.3 Å². The molecule has 16 heavy (non-hydrogen) atoms. The smallest absolute Gasteiger partial charge is 0.0399 e. The van der Waals surface area contributed by atoms with Crippen LogP contribution in [0, 0.1) is 0 Å². The zero-order valence-corrected chi connectivity index (χ0v) is 11.2. The minimum atomic E-state index is 0. The number of alkyl halides is 1. The largest absolute Gasteiger partial charge is 0.371 e. The number of halogens is 2. The van der Waals surface area contributed by atoms with Gasteiger partial charge in [-0.15, -0.1) is 24.0 Å². The zero-order valence-electron chi connectivity index (χ0n) is 9.66. The summed E-state index contributed by atoms with van der Waals surface area (Å²) in [6, 6.07) is 8.56. The molecule has 0 aromatic heterocycles. The van der Waals surface area contributed by atoms with E-state index in [0.29, 0.717) is 12.4 Å². The summed E-state index contributed by atoms with van der Waals surface area (Å²) in [7, 11) is 0. The van der Waals surface area contributed by atoms with Gasteiger partial charge in [0, 0.05) is 24.7 Å². The number of hydrogen-bond donors (Lipinski definition) is 1. The van der Waals surface area contributed by atoms with Gasteiger partial charge < -0.3 is 10.6 Å². The van der Waals surface area contributed by atoms with Crippen LogP contribution >= 0.6 is 24.0 Å².